The van der Waals surface area contributed by atoms with Crippen molar-refractivity contribution in [1.29, 1.82) is 0 Å². The first-order chi connectivity index (χ1) is 16.5. The molecule has 0 unspecified atom stereocenters. The summed E-state index contributed by atoms with van der Waals surface area (Å²) in [6.45, 7) is 3.33. The molecule has 1 atom stereocenters. The summed E-state index contributed by atoms with van der Waals surface area (Å²) in [5, 5.41) is 11.0. The first-order valence-corrected chi connectivity index (χ1v) is 10.3. The number of amides is 1. The van der Waals surface area contributed by atoms with Crippen molar-refractivity contribution >= 4 is 28.5 Å². The minimum absolute atomic E-state index is 0.0307. The zero-order chi connectivity index (χ0) is 23.8. The van der Waals surface area contributed by atoms with Gasteiger partial charge in [-0.3, -0.25) is 14.2 Å². The predicted octanol–water partition coefficient (Wildman–Crippen LogP) is 1.86. The molecule has 5 rings (SSSR count). The molecule has 4 aromatic heterocycles. The minimum Gasteiger partial charge on any atom is -0.381 e. The number of carbonyl (C=O) groups excluding carboxylic acids is 1. The molecular weight excluding hydrogens is 436 g/mol. The molecular formula is C23H18N8O3. The van der Waals surface area contributed by atoms with Gasteiger partial charge in [-0.1, -0.05) is 29.3 Å². The number of anilines is 1. The molecule has 1 aromatic carbocycles. The monoisotopic (exact) mass is 454 g/mol. The Morgan fingerprint density at radius 3 is 2.79 bits per heavy atom. The Hall–Kier alpha value is -4.98. The molecule has 0 aliphatic heterocycles. The van der Waals surface area contributed by atoms with E-state index in [0.717, 1.165) is 0 Å². The molecule has 0 fully saturated rings. The van der Waals surface area contributed by atoms with E-state index in [9.17, 15) is 9.59 Å². The van der Waals surface area contributed by atoms with Crippen molar-refractivity contribution in [2.75, 3.05) is 5.73 Å². The van der Waals surface area contributed by atoms with Gasteiger partial charge in [0, 0.05) is 12.4 Å². The average molecular weight is 454 g/mol. The second-order valence-electron chi connectivity index (χ2n) is 7.38. The number of nitrogens with one attached hydrogen (secondary N) is 1. The third-order valence-electron chi connectivity index (χ3n) is 5.18. The van der Waals surface area contributed by atoms with E-state index < -0.39 is 17.5 Å². The number of aromatic nitrogens is 6. The van der Waals surface area contributed by atoms with E-state index in [4.69, 9.17) is 10.3 Å². The van der Waals surface area contributed by atoms with Crippen LogP contribution in [0.5, 0.6) is 0 Å². The number of benzene rings is 1. The Kier molecular flexibility index (Phi) is 5.03. The van der Waals surface area contributed by atoms with Gasteiger partial charge >= 0.3 is 0 Å². The summed E-state index contributed by atoms with van der Waals surface area (Å²) >= 11 is 0. The van der Waals surface area contributed by atoms with E-state index in [2.05, 4.69) is 37.4 Å². The largest absolute Gasteiger partial charge is 0.381 e. The molecule has 34 heavy (non-hydrogen) atoms. The smallest absolute Gasteiger partial charge is 0.272 e. The molecule has 5 aromatic rings. The van der Waals surface area contributed by atoms with E-state index in [1.54, 1.807) is 56.6 Å². The molecule has 1 amide bonds. The Balaban J connectivity index is 1.64. The van der Waals surface area contributed by atoms with Gasteiger partial charge in [0.2, 0.25) is 0 Å². The second-order valence-corrected chi connectivity index (χ2v) is 7.38. The van der Waals surface area contributed by atoms with Gasteiger partial charge in [-0.2, -0.15) is 4.98 Å². The van der Waals surface area contributed by atoms with Gasteiger partial charge in [-0.15, -0.1) is 5.10 Å². The standard InChI is InChI=1S/C23H18N8O3/c1-3-8-15-16-22(34-29-15)27-19(31(23(16)33)14-9-5-4-6-10-14)13(2)26-21(32)17-18(24)28-30-12-7-11-25-20(17)30/h4-7,9-13H,1-2H3,(H2,24,28)(H,26,32)/t13-/m1/s1. The number of fused-ring (bicyclic) bond motifs is 2. The van der Waals surface area contributed by atoms with E-state index in [-0.39, 0.29) is 34.0 Å². The molecule has 0 aliphatic rings. The van der Waals surface area contributed by atoms with Gasteiger partial charge in [0.15, 0.2) is 17.2 Å². The number of nitrogens with two attached hydrogens (primary N) is 1. The van der Waals surface area contributed by atoms with Crippen LogP contribution in [0, 0.1) is 11.8 Å². The number of nitrogen functional groups attached to an aromatic ring is 1. The van der Waals surface area contributed by atoms with Gasteiger partial charge in [0.1, 0.15) is 16.8 Å². The number of hydrogen-bond donors (Lipinski definition) is 2. The highest BCUT2D eigenvalue weighted by atomic mass is 16.5. The lowest BCUT2D eigenvalue weighted by molar-refractivity contribution is 0.0940. The van der Waals surface area contributed by atoms with Crippen molar-refractivity contribution in [1.82, 2.24) is 34.6 Å². The number of rotatable bonds is 4. The second kappa shape index (κ2) is 8.18. The van der Waals surface area contributed by atoms with Crippen LogP contribution < -0.4 is 16.6 Å². The fourth-order valence-corrected chi connectivity index (χ4v) is 3.70. The van der Waals surface area contributed by atoms with Gasteiger partial charge < -0.3 is 15.6 Å². The minimum atomic E-state index is -0.728. The van der Waals surface area contributed by atoms with Crippen LogP contribution in [0.3, 0.4) is 0 Å². The van der Waals surface area contributed by atoms with Gasteiger partial charge in [-0.25, -0.2) is 9.50 Å². The highest BCUT2D eigenvalue weighted by molar-refractivity contribution is 6.04. The first-order valence-electron chi connectivity index (χ1n) is 10.3. The SMILES string of the molecule is CC#Cc1noc2nc([C@@H](C)NC(=O)c3c(N)nn4cccnc34)n(-c3ccccc3)c(=O)c12. The van der Waals surface area contributed by atoms with E-state index >= 15 is 0 Å². The number of nitrogens with zero attached hydrogens (tertiary/aromatic N) is 6. The van der Waals surface area contributed by atoms with E-state index in [1.165, 1.54) is 9.08 Å². The predicted molar refractivity (Wildman–Crippen MR) is 123 cm³/mol. The molecule has 11 nitrogen and oxygen atoms in total. The van der Waals surface area contributed by atoms with Crippen molar-refractivity contribution in [3.8, 4) is 17.5 Å². The molecule has 4 heterocycles. The van der Waals surface area contributed by atoms with Crippen molar-refractivity contribution in [2.24, 2.45) is 0 Å². The van der Waals surface area contributed by atoms with Crippen LogP contribution in [-0.2, 0) is 0 Å². The molecule has 0 radical (unpaired) electrons. The number of carbonyl (C=O) groups is 1. The zero-order valence-electron chi connectivity index (χ0n) is 18.2. The average Bonchev–Trinajstić information content (AvgIpc) is 3.39. The molecule has 0 saturated carbocycles. The topological polar surface area (TPSA) is 146 Å². The molecule has 0 bridgehead atoms. The zero-order valence-corrected chi connectivity index (χ0v) is 18.2. The van der Waals surface area contributed by atoms with Gasteiger partial charge in [0.05, 0.1) is 11.7 Å². The van der Waals surface area contributed by atoms with E-state index in [1.807, 2.05) is 6.07 Å². The van der Waals surface area contributed by atoms with Crippen LogP contribution in [-0.4, -0.2) is 35.2 Å². The lowest BCUT2D eigenvalue weighted by atomic mass is 10.2. The fraction of sp³-hybridized carbons (Fsp3) is 0.130. The van der Waals surface area contributed by atoms with Crippen LogP contribution in [0.15, 0.2) is 58.1 Å². The molecule has 3 N–H and O–H groups in total. The first kappa shape index (κ1) is 20.9. The maximum Gasteiger partial charge on any atom is 0.272 e. The van der Waals surface area contributed by atoms with Crippen LogP contribution in [0.4, 0.5) is 5.82 Å². The normalized spacial score (nSPS) is 11.8. The van der Waals surface area contributed by atoms with Crippen LogP contribution in [0.1, 0.15) is 41.8 Å². The van der Waals surface area contributed by atoms with Crippen molar-refractivity contribution in [3.63, 3.8) is 0 Å². The Morgan fingerprint density at radius 2 is 2.03 bits per heavy atom. The lowest BCUT2D eigenvalue weighted by Crippen LogP contribution is -2.33. The summed E-state index contributed by atoms with van der Waals surface area (Å²) in [7, 11) is 0. The van der Waals surface area contributed by atoms with Crippen LogP contribution in [0.2, 0.25) is 0 Å². The molecule has 0 aliphatic carbocycles. The summed E-state index contributed by atoms with van der Waals surface area (Å²) in [5.74, 6) is 5.25. The highest BCUT2D eigenvalue weighted by Crippen LogP contribution is 2.21. The maximum atomic E-state index is 13.6. The van der Waals surface area contributed by atoms with Crippen LogP contribution >= 0.6 is 0 Å². The molecule has 0 spiro atoms. The maximum absolute atomic E-state index is 13.6. The Bertz CT molecular complexity index is 1670. The molecule has 0 saturated heterocycles. The third kappa shape index (κ3) is 3.34. The summed E-state index contributed by atoms with van der Waals surface area (Å²) in [5.41, 5.74) is 6.80. The van der Waals surface area contributed by atoms with Crippen molar-refractivity contribution in [3.05, 3.63) is 76.2 Å². The van der Waals surface area contributed by atoms with Gasteiger partial charge in [0.25, 0.3) is 17.2 Å². The number of para-hydroxylation sites is 1. The third-order valence-corrected chi connectivity index (χ3v) is 5.18. The van der Waals surface area contributed by atoms with Crippen molar-refractivity contribution < 1.29 is 9.32 Å². The molecule has 11 heteroatoms. The van der Waals surface area contributed by atoms with Crippen molar-refractivity contribution in [2.45, 2.75) is 19.9 Å². The van der Waals surface area contributed by atoms with Crippen LogP contribution in [0.25, 0.3) is 22.4 Å². The number of hydrogen-bond acceptors (Lipinski definition) is 8. The highest BCUT2D eigenvalue weighted by Gasteiger charge is 2.26. The van der Waals surface area contributed by atoms with E-state index in [0.29, 0.717) is 11.3 Å². The summed E-state index contributed by atoms with van der Waals surface area (Å²) in [6.07, 6.45) is 3.18. The molecule has 168 valence electrons. The summed E-state index contributed by atoms with van der Waals surface area (Å²) < 4.78 is 8.11. The van der Waals surface area contributed by atoms with Gasteiger partial charge in [-0.05, 0) is 38.0 Å². The summed E-state index contributed by atoms with van der Waals surface area (Å²) in [6, 6.07) is 9.90. The lowest BCUT2D eigenvalue weighted by Gasteiger charge is -2.18. The summed E-state index contributed by atoms with van der Waals surface area (Å²) in [4.78, 5) is 35.4. The quantitative estimate of drug-likeness (QED) is 0.391. The Morgan fingerprint density at radius 1 is 1.24 bits per heavy atom. The Labute approximate surface area is 192 Å². The fourth-order valence-electron chi connectivity index (χ4n) is 3.70.